The predicted octanol–water partition coefficient (Wildman–Crippen LogP) is 1.79. The van der Waals surface area contributed by atoms with Crippen molar-refractivity contribution in [2.24, 2.45) is 0 Å². The maximum absolute atomic E-state index is 4.31. The van der Waals surface area contributed by atoms with Crippen molar-refractivity contribution in [3.63, 3.8) is 0 Å². The van der Waals surface area contributed by atoms with Crippen LogP contribution < -0.4 is 5.32 Å². The van der Waals surface area contributed by atoms with Crippen LogP contribution in [0.3, 0.4) is 0 Å². The summed E-state index contributed by atoms with van der Waals surface area (Å²) in [4.78, 5) is 4.31. The molecular formula is C9H13N3. The smallest absolute Gasteiger partial charge is 0.203 e. The summed E-state index contributed by atoms with van der Waals surface area (Å²) in [5.41, 5.74) is 0. The van der Waals surface area contributed by atoms with Crippen LogP contribution in [-0.2, 0) is 0 Å². The van der Waals surface area contributed by atoms with E-state index in [2.05, 4.69) is 21.1 Å². The molecule has 0 spiro atoms. The lowest BCUT2D eigenvalue weighted by Crippen LogP contribution is -2.07. The van der Waals surface area contributed by atoms with E-state index in [1.807, 2.05) is 6.20 Å². The van der Waals surface area contributed by atoms with Gasteiger partial charge >= 0.3 is 0 Å². The summed E-state index contributed by atoms with van der Waals surface area (Å²) in [5.74, 6) is 1.08. The van der Waals surface area contributed by atoms with Crippen molar-refractivity contribution in [3.05, 3.63) is 12.4 Å². The molecule has 1 aromatic heterocycles. The van der Waals surface area contributed by atoms with Gasteiger partial charge in [-0.2, -0.15) is 0 Å². The van der Waals surface area contributed by atoms with Gasteiger partial charge < -0.3 is 9.88 Å². The Labute approximate surface area is 71.8 Å². The Balaban J connectivity index is 1.81. The van der Waals surface area contributed by atoms with Crippen LogP contribution in [0.4, 0.5) is 5.95 Å². The Hall–Kier alpha value is -0.990. The average Bonchev–Trinajstić information content (AvgIpc) is 2.93. The maximum Gasteiger partial charge on any atom is 0.203 e. The molecule has 1 heterocycles. The second-order valence-corrected chi connectivity index (χ2v) is 3.81. The van der Waals surface area contributed by atoms with Gasteiger partial charge in [0.25, 0.3) is 0 Å². The van der Waals surface area contributed by atoms with Crippen LogP contribution in [0.25, 0.3) is 0 Å². The van der Waals surface area contributed by atoms with Crippen molar-refractivity contribution in [1.82, 2.24) is 9.55 Å². The Morgan fingerprint density at radius 3 is 2.83 bits per heavy atom. The maximum atomic E-state index is 4.31. The first-order valence-corrected chi connectivity index (χ1v) is 4.73. The molecule has 0 atom stereocenters. The van der Waals surface area contributed by atoms with Gasteiger partial charge in [0.2, 0.25) is 5.95 Å². The molecule has 0 aliphatic heterocycles. The number of aromatic nitrogens is 2. The third-order valence-corrected chi connectivity index (χ3v) is 2.52. The van der Waals surface area contributed by atoms with Crippen LogP contribution in [0.15, 0.2) is 12.4 Å². The van der Waals surface area contributed by atoms with E-state index in [0.717, 1.165) is 12.0 Å². The monoisotopic (exact) mass is 163 g/mol. The highest BCUT2D eigenvalue weighted by atomic mass is 15.2. The summed E-state index contributed by atoms with van der Waals surface area (Å²) in [7, 11) is 0. The van der Waals surface area contributed by atoms with Crippen LogP contribution in [0.2, 0.25) is 0 Å². The Kier molecular flexibility index (Phi) is 1.22. The van der Waals surface area contributed by atoms with Gasteiger partial charge in [-0.3, -0.25) is 0 Å². The molecule has 2 fully saturated rings. The van der Waals surface area contributed by atoms with Crippen LogP contribution in [0.1, 0.15) is 31.7 Å². The Morgan fingerprint density at radius 2 is 2.17 bits per heavy atom. The second kappa shape index (κ2) is 2.25. The summed E-state index contributed by atoms with van der Waals surface area (Å²) in [6, 6.07) is 1.46. The van der Waals surface area contributed by atoms with Crippen molar-refractivity contribution in [1.29, 1.82) is 0 Å². The molecule has 3 nitrogen and oxygen atoms in total. The van der Waals surface area contributed by atoms with Crippen molar-refractivity contribution >= 4 is 5.95 Å². The first-order valence-electron chi connectivity index (χ1n) is 4.73. The van der Waals surface area contributed by atoms with Crippen LogP contribution in [0.5, 0.6) is 0 Å². The summed E-state index contributed by atoms with van der Waals surface area (Å²) in [6.07, 6.45) is 9.27. The van der Waals surface area contributed by atoms with E-state index in [4.69, 9.17) is 0 Å². The standard InChI is InChI=1S/C9H13N3/c1-2-7(1)11-9-10-5-6-12(9)8-3-4-8/h5-8H,1-4H2,(H,10,11). The number of rotatable bonds is 3. The van der Waals surface area contributed by atoms with E-state index < -0.39 is 0 Å². The molecule has 0 bridgehead atoms. The van der Waals surface area contributed by atoms with Crippen LogP contribution >= 0.6 is 0 Å². The van der Waals surface area contributed by atoms with Gasteiger partial charge in [-0.1, -0.05) is 0 Å². The second-order valence-electron chi connectivity index (χ2n) is 3.81. The molecule has 1 N–H and O–H groups in total. The van der Waals surface area contributed by atoms with Gasteiger partial charge in [0, 0.05) is 24.5 Å². The van der Waals surface area contributed by atoms with E-state index in [0.29, 0.717) is 6.04 Å². The van der Waals surface area contributed by atoms with E-state index in [1.54, 1.807) is 0 Å². The van der Waals surface area contributed by atoms with E-state index in [-0.39, 0.29) is 0 Å². The molecule has 1 aromatic rings. The third kappa shape index (κ3) is 1.09. The SMILES string of the molecule is c1cn(C2CC2)c(NC2CC2)n1. The van der Waals surface area contributed by atoms with Gasteiger partial charge in [-0.05, 0) is 25.7 Å². The fraction of sp³-hybridized carbons (Fsp3) is 0.667. The lowest BCUT2D eigenvalue weighted by molar-refractivity contribution is 0.743. The summed E-state index contributed by atoms with van der Waals surface area (Å²) in [5, 5.41) is 3.44. The lowest BCUT2D eigenvalue weighted by Gasteiger charge is -2.06. The van der Waals surface area contributed by atoms with Gasteiger partial charge in [0.15, 0.2) is 0 Å². The normalized spacial score (nSPS) is 22.7. The molecule has 0 amide bonds. The van der Waals surface area contributed by atoms with Gasteiger partial charge in [0.05, 0.1) is 0 Å². The Bertz CT molecular complexity index is 284. The number of nitrogens with one attached hydrogen (secondary N) is 1. The quantitative estimate of drug-likeness (QED) is 0.736. The summed E-state index contributed by atoms with van der Waals surface area (Å²) in [6.45, 7) is 0. The molecule has 12 heavy (non-hydrogen) atoms. The number of nitrogens with zero attached hydrogens (tertiary/aromatic N) is 2. The minimum Gasteiger partial charge on any atom is -0.353 e. The minimum absolute atomic E-state index is 0.713. The lowest BCUT2D eigenvalue weighted by atomic mass is 10.6. The third-order valence-electron chi connectivity index (χ3n) is 2.52. The minimum atomic E-state index is 0.713. The van der Waals surface area contributed by atoms with Crippen molar-refractivity contribution in [2.75, 3.05) is 5.32 Å². The average molecular weight is 163 g/mol. The first kappa shape index (κ1) is 6.52. The van der Waals surface area contributed by atoms with Gasteiger partial charge in [-0.25, -0.2) is 4.98 Å². The number of hydrogen-bond acceptors (Lipinski definition) is 2. The molecule has 2 aliphatic carbocycles. The first-order chi connectivity index (χ1) is 5.93. The molecule has 0 saturated heterocycles. The highest BCUT2D eigenvalue weighted by Crippen LogP contribution is 2.37. The fourth-order valence-electron chi connectivity index (χ4n) is 1.48. The molecule has 2 aliphatic rings. The highest BCUT2D eigenvalue weighted by molar-refractivity contribution is 5.31. The van der Waals surface area contributed by atoms with E-state index >= 15 is 0 Å². The van der Waals surface area contributed by atoms with Crippen molar-refractivity contribution in [3.8, 4) is 0 Å². The van der Waals surface area contributed by atoms with E-state index in [1.165, 1.54) is 25.7 Å². The fourth-order valence-corrected chi connectivity index (χ4v) is 1.48. The van der Waals surface area contributed by atoms with Crippen molar-refractivity contribution in [2.45, 2.75) is 37.8 Å². The molecule has 0 aromatic carbocycles. The zero-order valence-electron chi connectivity index (χ0n) is 7.03. The molecule has 0 radical (unpaired) electrons. The zero-order chi connectivity index (χ0) is 7.97. The molecular weight excluding hydrogens is 150 g/mol. The van der Waals surface area contributed by atoms with E-state index in [9.17, 15) is 0 Å². The Morgan fingerprint density at radius 1 is 1.33 bits per heavy atom. The largest absolute Gasteiger partial charge is 0.353 e. The molecule has 2 saturated carbocycles. The number of imidazole rings is 1. The molecule has 64 valence electrons. The molecule has 3 rings (SSSR count). The van der Waals surface area contributed by atoms with Crippen LogP contribution in [0, 0.1) is 0 Å². The topological polar surface area (TPSA) is 29.9 Å². The van der Waals surface area contributed by atoms with Crippen LogP contribution in [-0.4, -0.2) is 15.6 Å². The summed E-state index contributed by atoms with van der Waals surface area (Å²) >= 11 is 0. The summed E-state index contributed by atoms with van der Waals surface area (Å²) < 4.78 is 2.28. The highest BCUT2D eigenvalue weighted by Gasteiger charge is 2.28. The predicted molar refractivity (Wildman–Crippen MR) is 47.1 cm³/mol. The zero-order valence-corrected chi connectivity index (χ0v) is 7.03. The number of anilines is 1. The molecule has 0 unspecified atom stereocenters. The molecule has 3 heteroatoms. The van der Waals surface area contributed by atoms with Gasteiger partial charge in [-0.15, -0.1) is 0 Å². The van der Waals surface area contributed by atoms with Gasteiger partial charge in [0.1, 0.15) is 0 Å². The van der Waals surface area contributed by atoms with Crippen molar-refractivity contribution < 1.29 is 0 Å². The number of hydrogen-bond donors (Lipinski definition) is 1.